The molecule has 0 aromatic heterocycles. The molecule has 70 valence electrons. The quantitative estimate of drug-likeness (QED) is 0.577. The number of allylic oxidation sites excluding steroid dienone is 2. The Kier molecular flexibility index (Phi) is 2.21. The fraction of sp³-hybridized carbons (Fsp3) is 0.545. The average Bonchev–Trinajstić information content (AvgIpc) is 2.46. The first-order valence-electron chi connectivity index (χ1n) is 4.97. The lowest BCUT2D eigenvalue weighted by atomic mass is 9.92. The maximum Gasteiger partial charge on any atom is 0.339 e. The minimum Gasteiger partial charge on any atom is -0.423 e. The maximum absolute atomic E-state index is 11.4. The summed E-state index contributed by atoms with van der Waals surface area (Å²) in [5, 5.41) is 0. The predicted octanol–water partition coefficient (Wildman–Crippen LogP) is 2.71. The first kappa shape index (κ1) is 8.54. The number of hydrogen-bond acceptors (Lipinski definition) is 2. The van der Waals surface area contributed by atoms with Crippen LogP contribution in [0.3, 0.4) is 0 Å². The Bertz CT molecular complexity index is 297. The number of carbonyl (C=O) groups is 1. The van der Waals surface area contributed by atoms with Crippen molar-refractivity contribution in [2.24, 2.45) is 0 Å². The molecule has 0 fully saturated rings. The molecule has 0 radical (unpaired) electrons. The molecule has 1 aliphatic carbocycles. The summed E-state index contributed by atoms with van der Waals surface area (Å²) >= 11 is 0. The summed E-state index contributed by atoms with van der Waals surface area (Å²) < 4.78 is 5.20. The summed E-state index contributed by atoms with van der Waals surface area (Å²) in [6.07, 6.45) is 7.19. The Balaban J connectivity index is 2.33. The van der Waals surface area contributed by atoms with E-state index in [9.17, 15) is 4.79 Å². The molecule has 0 spiro atoms. The normalized spacial score (nSPS) is 25.0. The van der Waals surface area contributed by atoms with Gasteiger partial charge in [0.25, 0.3) is 0 Å². The molecule has 2 nitrogen and oxygen atoms in total. The first-order valence-corrected chi connectivity index (χ1v) is 4.97. The lowest BCUT2D eigenvalue weighted by Gasteiger charge is -2.09. The molecule has 0 saturated carbocycles. The summed E-state index contributed by atoms with van der Waals surface area (Å²) in [5.41, 5.74) is 2.11. The van der Waals surface area contributed by atoms with Gasteiger partial charge in [0.2, 0.25) is 0 Å². The van der Waals surface area contributed by atoms with Crippen molar-refractivity contribution < 1.29 is 9.53 Å². The lowest BCUT2D eigenvalue weighted by molar-refractivity contribution is -0.133. The van der Waals surface area contributed by atoms with Crippen LogP contribution in [0.4, 0.5) is 0 Å². The van der Waals surface area contributed by atoms with Crippen LogP contribution in [-0.2, 0) is 9.53 Å². The van der Waals surface area contributed by atoms with Crippen molar-refractivity contribution in [2.75, 3.05) is 0 Å². The Morgan fingerprint density at radius 2 is 2.00 bits per heavy atom. The monoisotopic (exact) mass is 178 g/mol. The van der Waals surface area contributed by atoms with E-state index in [-0.39, 0.29) is 5.97 Å². The highest BCUT2D eigenvalue weighted by molar-refractivity contribution is 5.94. The lowest BCUT2D eigenvalue weighted by Crippen LogP contribution is -2.01. The molecule has 1 aliphatic heterocycles. The van der Waals surface area contributed by atoms with Crippen molar-refractivity contribution in [3.63, 3.8) is 0 Å². The third-order valence-corrected chi connectivity index (χ3v) is 2.60. The standard InChI is InChI=1S/C11H14O2/c1-2-5-10-8-6-3-4-7-9(8)11(12)13-10/h5H,2-4,6-7H2,1H3/b10-5-. The molecule has 13 heavy (non-hydrogen) atoms. The van der Waals surface area contributed by atoms with Crippen LogP contribution in [0.1, 0.15) is 39.0 Å². The predicted molar refractivity (Wildman–Crippen MR) is 50.0 cm³/mol. The van der Waals surface area contributed by atoms with Gasteiger partial charge in [-0.15, -0.1) is 0 Å². The number of esters is 1. The van der Waals surface area contributed by atoms with Gasteiger partial charge in [0, 0.05) is 11.1 Å². The van der Waals surface area contributed by atoms with Crippen molar-refractivity contribution >= 4 is 5.97 Å². The van der Waals surface area contributed by atoms with Crippen molar-refractivity contribution in [3.8, 4) is 0 Å². The average molecular weight is 178 g/mol. The van der Waals surface area contributed by atoms with Crippen LogP contribution >= 0.6 is 0 Å². The highest BCUT2D eigenvalue weighted by Crippen LogP contribution is 2.36. The summed E-state index contributed by atoms with van der Waals surface area (Å²) in [7, 11) is 0. The third-order valence-electron chi connectivity index (χ3n) is 2.60. The van der Waals surface area contributed by atoms with Crippen molar-refractivity contribution in [1.82, 2.24) is 0 Å². The van der Waals surface area contributed by atoms with Gasteiger partial charge in [0.15, 0.2) is 0 Å². The van der Waals surface area contributed by atoms with Gasteiger partial charge >= 0.3 is 5.97 Å². The fourth-order valence-corrected chi connectivity index (χ4v) is 1.98. The summed E-state index contributed by atoms with van der Waals surface area (Å²) in [6.45, 7) is 2.06. The van der Waals surface area contributed by atoms with Gasteiger partial charge < -0.3 is 4.74 Å². The van der Waals surface area contributed by atoms with Gasteiger partial charge in [-0.1, -0.05) is 6.92 Å². The molecule has 0 amide bonds. The van der Waals surface area contributed by atoms with Gasteiger partial charge in [-0.3, -0.25) is 0 Å². The van der Waals surface area contributed by atoms with Gasteiger partial charge in [-0.05, 0) is 38.2 Å². The second-order valence-corrected chi connectivity index (χ2v) is 3.53. The van der Waals surface area contributed by atoms with Gasteiger partial charge in [0.05, 0.1) is 0 Å². The fourth-order valence-electron chi connectivity index (χ4n) is 1.98. The number of cyclic esters (lactones) is 1. The molecule has 2 aliphatic rings. The first-order chi connectivity index (χ1) is 6.33. The Labute approximate surface area is 78.3 Å². The van der Waals surface area contributed by atoms with Crippen LogP contribution in [0.2, 0.25) is 0 Å². The molecule has 0 saturated heterocycles. The minimum atomic E-state index is -0.102. The van der Waals surface area contributed by atoms with Crippen LogP contribution < -0.4 is 0 Å². The molecule has 0 bridgehead atoms. The van der Waals surface area contributed by atoms with E-state index in [0.717, 1.165) is 37.0 Å². The van der Waals surface area contributed by atoms with E-state index >= 15 is 0 Å². The Morgan fingerprint density at radius 1 is 1.31 bits per heavy atom. The SMILES string of the molecule is CC/C=C1\OC(=O)C2=C1CCCC2. The number of hydrogen-bond donors (Lipinski definition) is 0. The van der Waals surface area contributed by atoms with E-state index in [1.54, 1.807) is 0 Å². The molecule has 2 rings (SSSR count). The van der Waals surface area contributed by atoms with Crippen molar-refractivity contribution in [3.05, 3.63) is 23.0 Å². The molecule has 0 atom stereocenters. The molecule has 0 aromatic carbocycles. The Morgan fingerprint density at radius 3 is 2.69 bits per heavy atom. The van der Waals surface area contributed by atoms with Gasteiger partial charge in [-0.25, -0.2) is 4.79 Å². The topological polar surface area (TPSA) is 26.3 Å². The van der Waals surface area contributed by atoms with Crippen LogP contribution in [0.15, 0.2) is 23.0 Å². The second kappa shape index (κ2) is 3.36. The molecule has 0 unspecified atom stereocenters. The van der Waals surface area contributed by atoms with Gasteiger partial charge in [-0.2, -0.15) is 0 Å². The molecular weight excluding hydrogens is 164 g/mol. The van der Waals surface area contributed by atoms with Crippen LogP contribution in [0.5, 0.6) is 0 Å². The number of ether oxygens (including phenoxy) is 1. The highest BCUT2D eigenvalue weighted by atomic mass is 16.5. The zero-order valence-corrected chi connectivity index (χ0v) is 7.93. The van der Waals surface area contributed by atoms with E-state index in [2.05, 4.69) is 6.92 Å². The minimum absolute atomic E-state index is 0.102. The molecule has 2 heteroatoms. The van der Waals surface area contributed by atoms with Crippen molar-refractivity contribution in [1.29, 1.82) is 0 Å². The zero-order chi connectivity index (χ0) is 9.26. The highest BCUT2D eigenvalue weighted by Gasteiger charge is 2.30. The smallest absolute Gasteiger partial charge is 0.339 e. The largest absolute Gasteiger partial charge is 0.423 e. The van der Waals surface area contributed by atoms with E-state index < -0.39 is 0 Å². The summed E-state index contributed by atoms with van der Waals surface area (Å²) in [4.78, 5) is 11.4. The van der Waals surface area contributed by atoms with Crippen LogP contribution in [-0.4, -0.2) is 5.97 Å². The number of rotatable bonds is 1. The molecule has 1 heterocycles. The number of carbonyl (C=O) groups excluding carboxylic acids is 1. The molecular formula is C11H14O2. The van der Waals surface area contributed by atoms with Crippen molar-refractivity contribution in [2.45, 2.75) is 39.0 Å². The zero-order valence-electron chi connectivity index (χ0n) is 7.93. The third kappa shape index (κ3) is 1.41. The summed E-state index contributed by atoms with van der Waals surface area (Å²) in [5.74, 6) is 0.733. The second-order valence-electron chi connectivity index (χ2n) is 3.53. The maximum atomic E-state index is 11.4. The van der Waals surface area contributed by atoms with E-state index in [4.69, 9.17) is 4.74 Å². The van der Waals surface area contributed by atoms with E-state index in [1.165, 1.54) is 12.0 Å². The van der Waals surface area contributed by atoms with Gasteiger partial charge in [0.1, 0.15) is 5.76 Å². The van der Waals surface area contributed by atoms with E-state index in [1.807, 2.05) is 6.08 Å². The molecule has 0 N–H and O–H groups in total. The summed E-state index contributed by atoms with van der Waals surface area (Å²) in [6, 6.07) is 0. The molecule has 0 aromatic rings. The van der Waals surface area contributed by atoms with Crippen LogP contribution in [0.25, 0.3) is 0 Å². The van der Waals surface area contributed by atoms with E-state index in [0.29, 0.717) is 0 Å². The Hall–Kier alpha value is -1.05. The van der Waals surface area contributed by atoms with Crippen LogP contribution in [0, 0.1) is 0 Å².